The molecule has 1 fully saturated rings. The Morgan fingerprint density at radius 2 is 1.33 bits per heavy atom. The second-order valence-corrected chi connectivity index (χ2v) is 13.0. The van der Waals surface area contributed by atoms with Gasteiger partial charge in [0.05, 0.1) is 5.41 Å². The first-order valence-electron chi connectivity index (χ1n) is 11.1. The average molecular weight is 381 g/mol. The number of rotatable bonds is 4. The number of esters is 1. The van der Waals surface area contributed by atoms with E-state index in [4.69, 9.17) is 4.74 Å². The van der Waals surface area contributed by atoms with Crippen LogP contribution in [-0.4, -0.2) is 12.1 Å². The third-order valence-electron chi connectivity index (χ3n) is 6.92. The molecule has 2 heteroatoms. The van der Waals surface area contributed by atoms with E-state index >= 15 is 0 Å². The van der Waals surface area contributed by atoms with Gasteiger partial charge in [0.25, 0.3) is 0 Å². The van der Waals surface area contributed by atoms with Gasteiger partial charge >= 0.3 is 5.97 Å². The van der Waals surface area contributed by atoms with Crippen molar-refractivity contribution in [3.63, 3.8) is 0 Å². The molecule has 0 heterocycles. The SMILES string of the molecule is CCC(C)(CC(C)(C)C)C(=O)OC1CC(C)C(C(C)(C)C)CC1C(C)(C)C. The Morgan fingerprint density at radius 1 is 0.852 bits per heavy atom. The highest BCUT2D eigenvalue weighted by molar-refractivity contribution is 5.76. The molecule has 0 aromatic rings. The minimum absolute atomic E-state index is 0.0144. The van der Waals surface area contributed by atoms with Crippen LogP contribution in [-0.2, 0) is 9.53 Å². The molecule has 0 radical (unpaired) electrons. The molecule has 0 bridgehead atoms. The third kappa shape index (κ3) is 6.50. The Hall–Kier alpha value is -0.530. The minimum atomic E-state index is -0.398. The van der Waals surface area contributed by atoms with Crippen LogP contribution in [0.2, 0.25) is 0 Å². The summed E-state index contributed by atoms with van der Waals surface area (Å²) in [5.41, 5.74) is 0.151. The summed E-state index contributed by atoms with van der Waals surface area (Å²) in [5.74, 6) is 1.68. The largest absolute Gasteiger partial charge is 0.462 e. The fourth-order valence-corrected chi connectivity index (χ4v) is 5.39. The summed E-state index contributed by atoms with van der Waals surface area (Å²) in [6.45, 7) is 27.2. The number of carbonyl (C=O) groups excluding carboxylic acids is 1. The lowest BCUT2D eigenvalue weighted by Gasteiger charge is -2.50. The highest BCUT2D eigenvalue weighted by atomic mass is 16.5. The summed E-state index contributed by atoms with van der Waals surface area (Å²) in [6, 6.07) is 0. The van der Waals surface area contributed by atoms with Crippen molar-refractivity contribution in [1.82, 2.24) is 0 Å². The molecule has 0 aromatic heterocycles. The van der Waals surface area contributed by atoms with Crippen molar-refractivity contribution in [2.24, 2.45) is 39.4 Å². The number of hydrogen-bond acceptors (Lipinski definition) is 2. The zero-order chi connectivity index (χ0) is 21.4. The Labute approximate surface area is 170 Å². The zero-order valence-electron chi connectivity index (χ0n) is 20.5. The number of hydrogen-bond donors (Lipinski definition) is 0. The molecule has 0 N–H and O–H groups in total. The molecule has 1 aliphatic carbocycles. The van der Waals surface area contributed by atoms with Crippen molar-refractivity contribution in [1.29, 1.82) is 0 Å². The van der Waals surface area contributed by atoms with E-state index in [1.54, 1.807) is 0 Å². The lowest BCUT2D eigenvalue weighted by molar-refractivity contribution is -0.174. The normalized spacial score (nSPS) is 29.9. The summed E-state index contributed by atoms with van der Waals surface area (Å²) in [6.07, 6.45) is 3.87. The molecule has 5 atom stereocenters. The molecule has 1 saturated carbocycles. The number of carbonyl (C=O) groups is 1. The van der Waals surface area contributed by atoms with Crippen LogP contribution in [0, 0.1) is 39.4 Å². The lowest BCUT2D eigenvalue weighted by atomic mass is 9.58. The molecule has 0 spiro atoms. The number of ether oxygens (including phenoxy) is 1. The van der Waals surface area contributed by atoms with E-state index in [9.17, 15) is 4.79 Å². The van der Waals surface area contributed by atoms with Crippen LogP contribution in [0.1, 0.15) is 109 Å². The van der Waals surface area contributed by atoms with Gasteiger partial charge in [-0.05, 0) is 60.7 Å². The van der Waals surface area contributed by atoms with Crippen LogP contribution in [0.15, 0.2) is 0 Å². The summed E-state index contributed by atoms with van der Waals surface area (Å²) in [4.78, 5) is 13.3. The van der Waals surface area contributed by atoms with E-state index in [0.29, 0.717) is 23.2 Å². The predicted octanol–water partition coefficient (Wildman–Crippen LogP) is 7.51. The predicted molar refractivity (Wildman–Crippen MR) is 117 cm³/mol. The van der Waals surface area contributed by atoms with Gasteiger partial charge in [0.2, 0.25) is 0 Å². The van der Waals surface area contributed by atoms with Gasteiger partial charge in [0.15, 0.2) is 0 Å². The van der Waals surface area contributed by atoms with Crippen molar-refractivity contribution in [2.45, 2.75) is 115 Å². The van der Waals surface area contributed by atoms with Gasteiger partial charge in [-0.3, -0.25) is 4.79 Å². The van der Waals surface area contributed by atoms with Gasteiger partial charge in [0, 0.05) is 5.92 Å². The van der Waals surface area contributed by atoms with Gasteiger partial charge in [0.1, 0.15) is 6.10 Å². The summed E-state index contributed by atoms with van der Waals surface area (Å²) in [7, 11) is 0. The van der Waals surface area contributed by atoms with Crippen LogP contribution in [0.25, 0.3) is 0 Å². The quantitative estimate of drug-likeness (QED) is 0.472. The smallest absolute Gasteiger partial charge is 0.312 e. The van der Waals surface area contributed by atoms with Crippen LogP contribution in [0.3, 0.4) is 0 Å². The van der Waals surface area contributed by atoms with Crippen molar-refractivity contribution < 1.29 is 9.53 Å². The van der Waals surface area contributed by atoms with E-state index in [2.05, 4.69) is 83.1 Å². The van der Waals surface area contributed by atoms with Crippen LogP contribution < -0.4 is 0 Å². The minimum Gasteiger partial charge on any atom is -0.462 e. The first-order chi connectivity index (χ1) is 11.9. The highest BCUT2D eigenvalue weighted by Gasteiger charge is 2.47. The maximum atomic E-state index is 13.3. The van der Waals surface area contributed by atoms with Crippen LogP contribution in [0.4, 0.5) is 0 Å². The van der Waals surface area contributed by atoms with E-state index in [0.717, 1.165) is 25.7 Å². The van der Waals surface area contributed by atoms with E-state index in [1.165, 1.54) is 0 Å². The summed E-state index contributed by atoms with van der Waals surface area (Å²) < 4.78 is 6.32. The lowest BCUT2D eigenvalue weighted by Crippen LogP contribution is -2.48. The molecule has 0 amide bonds. The Kier molecular flexibility index (Phi) is 7.33. The molecule has 160 valence electrons. The van der Waals surface area contributed by atoms with Crippen molar-refractivity contribution >= 4 is 5.97 Å². The van der Waals surface area contributed by atoms with Gasteiger partial charge in [-0.25, -0.2) is 0 Å². The monoisotopic (exact) mass is 380 g/mol. The molecule has 27 heavy (non-hydrogen) atoms. The van der Waals surface area contributed by atoms with Crippen molar-refractivity contribution in [3.8, 4) is 0 Å². The van der Waals surface area contributed by atoms with E-state index in [-0.39, 0.29) is 22.9 Å². The second kappa shape index (κ2) is 8.07. The third-order valence-corrected chi connectivity index (χ3v) is 6.92. The molecule has 1 aliphatic rings. The summed E-state index contributed by atoms with van der Waals surface area (Å²) >= 11 is 0. The molecule has 0 aromatic carbocycles. The van der Waals surface area contributed by atoms with Gasteiger partial charge in [-0.1, -0.05) is 76.2 Å². The molecular weight excluding hydrogens is 332 g/mol. The van der Waals surface area contributed by atoms with Crippen molar-refractivity contribution in [2.75, 3.05) is 0 Å². The molecule has 0 aliphatic heterocycles. The van der Waals surface area contributed by atoms with Gasteiger partial charge < -0.3 is 4.74 Å². The van der Waals surface area contributed by atoms with Crippen LogP contribution >= 0.6 is 0 Å². The molecule has 2 nitrogen and oxygen atoms in total. The second-order valence-electron chi connectivity index (χ2n) is 13.0. The first kappa shape index (κ1) is 24.5. The average Bonchev–Trinajstić information content (AvgIpc) is 2.42. The highest BCUT2D eigenvalue weighted by Crippen LogP contribution is 2.50. The zero-order valence-corrected chi connectivity index (χ0v) is 20.5. The standard InChI is InChI=1S/C25H48O2/c1-13-25(12,16-22(3,4)5)21(26)27-20-14-17(2)18(23(6,7)8)15-19(20)24(9,10)11/h17-20H,13-16H2,1-12H3. The fourth-order valence-electron chi connectivity index (χ4n) is 5.39. The van der Waals surface area contributed by atoms with Gasteiger partial charge in [-0.2, -0.15) is 0 Å². The Balaban J connectivity index is 3.07. The van der Waals surface area contributed by atoms with Crippen molar-refractivity contribution in [3.05, 3.63) is 0 Å². The summed E-state index contributed by atoms with van der Waals surface area (Å²) in [5, 5.41) is 0. The van der Waals surface area contributed by atoms with E-state index < -0.39 is 5.41 Å². The Bertz CT molecular complexity index is 500. The first-order valence-corrected chi connectivity index (χ1v) is 11.1. The molecule has 0 saturated heterocycles. The molecule has 5 unspecified atom stereocenters. The van der Waals surface area contributed by atoms with Crippen LogP contribution in [0.5, 0.6) is 0 Å². The fraction of sp³-hybridized carbons (Fsp3) is 0.960. The van der Waals surface area contributed by atoms with Gasteiger partial charge in [-0.15, -0.1) is 0 Å². The molecular formula is C25H48O2. The maximum absolute atomic E-state index is 13.3. The maximum Gasteiger partial charge on any atom is 0.312 e. The topological polar surface area (TPSA) is 26.3 Å². The Morgan fingerprint density at radius 3 is 1.70 bits per heavy atom. The molecule has 1 rings (SSSR count). The van der Waals surface area contributed by atoms with E-state index in [1.807, 2.05) is 0 Å².